The van der Waals surface area contributed by atoms with Crippen molar-refractivity contribution in [3.05, 3.63) is 48.1 Å². The summed E-state index contributed by atoms with van der Waals surface area (Å²) < 4.78 is 5.08. The molecular formula is C46H67NO4. The average molecular weight is 698 g/mol. The number of ketones is 1. The van der Waals surface area contributed by atoms with E-state index in [4.69, 9.17) is 4.74 Å². The second-order valence-electron chi connectivity index (χ2n) is 19.5. The van der Waals surface area contributed by atoms with Gasteiger partial charge in [-0.15, -0.1) is 0 Å². The number of allylic oxidation sites excluding steroid dienone is 2. The lowest BCUT2D eigenvalue weighted by Gasteiger charge is -2.72. The summed E-state index contributed by atoms with van der Waals surface area (Å²) in [5, 5.41) is 12.4. The van der Waals surface area contributed by atoms with E-state index < -0.39 is 6.10 Å². The number of Topliss-reactive ketones (excluding diaryl/α,β-unsaturated/α-hetero) is 1. The molecule has 10 atom stereocenters. The Bertz CT molecular complexity index is 1520. The van der Waals surface area contributed by atoms with Gasteiger partial charge in [0.1, 0.15) is 11.5 Å². The summed E-state index contributed by atoms with van der Waals surface area (Å²) in [6.07, 6.45) is 17.5. The number of rotatable bonds is 10. The number of fused-ring (bicyclic) bond motifs is 7. The number of carbonyl (C=O) groups is 2. The lowest BCUT2D eigenvalue weighted by atomic mass is 9.32. The summed E-state index contributed by atoms with van der Waals surface area (Å²) in [5.74, 6) is 3.21. The zero-order chi connectivity index (χ0) is 36.4. The maximum absolute atomic E-state index is 14.6. The standard InChI is InChI=1S/C46H67NO4/c1-31(2)34-20-23-46(39(49)13-9-12-28-47-26-10-8-11-27-47)25-24-43(5)35(41(34)46)18-19-38-44(43,6)22-21-37-42(3,4)36(29-40(50)45(37,38)7)32-14-16-33(17-15-32)51-30-48/h14-17,29-30,34-35,37-38,40-41,50H,1,8-13,18-28H2,2-7H3/t34-,35+,37-,38-,40-,41+,43+,44+,45-,46+/m0/s1. The third kappa shape index (κ3) is 5.67. The molecule has 7 rings (SSSR count). The van der Waals surface area contributed by atoms with Crippen LogP contribution in [0.5, 0.6) is 5.75 Å². The van der Waals surface area contributed by atoms with Gasteiger partial charge in [0.25, 0.3) is 6.47 Å². The molecule has 0 spiro atoms. The van der Waals surface area contributed by atoms with Gasteiger partial charge in [-0.05, 0) is 173 Å². The fourth-order valence-corrected chi connectivity index (χ4v) is 14.5. The van der Waals surface area contributed by atoms with Crippen molar-refractivity contribution in [1.29, 1.82) is 0 Å². The minimum atomic E-state index is -0.537. The first-order valence-corrected chi connectivity index (χ1v) is 20.8. The number of aliphatic hydroxyl groups excluding tert-OH is 1. The van der Waals surface area contributed by atoms with Crippen LogP contribution in [0.4, 0.5) is 0 Å². The fourth-order valence-electron chi connectivity index (χ4n) is 14.5. The smallest absolute Gasteiger partial charge is 0.298 e. The lowest BCUT2D eigenvalue weighted by molar-refractivity contribution is -0.240. The first-order valence-electron chi connectivity index (χ1n) is 20.8. The van der Waals surface area contributed by atoms with Crippen LogP contribution in [0.2, 0.25) is 0 Å². The number of carbonyl (C=O) groups excluding carboxylic acids is 2. The van der Waals surface area contributed by atoms with Gasteiger partial charge in [0.2, 0.25) is 0 Å². The number of ether oxygens (including phenoxy) is 1. The summed E-state index contributed by atoms with van der Waals surface area (Å²) in [7, 11) is 0. The van der Waals surface area contributed by atoms with Crippen LogP contribution in [0.1, 0.15) is 137 Å². The minimum absolute atomic E-state index is 0.0866. The van der Waals surface area contributed by atoms with Crippen molar-refractivity contribution in [2.24, 2.45) is 56.7 Å². The molecule has 51 heavy (non-hydrogen) atoms. The molecule has 5 fully saturated rings. The van der Waals surface area contributed by atoms with Crippen LogP contribution in [0.3, 0.4) is 0 Å². The number of unbranched alkanes of at least 4 members (excludes halogenated alkanes) is 1. The van der Waals surface area contributed by atoms with Gasteiger partial charge in [-0.1, -0.05) is 71.4 Å². The average Bonchev–Trinajstić information content (AvgIpc) is 3.51. The van der Waals surface area contributed by atoms with E-state index in [0.717, 1.165) is 76.3 Å². The molecule has 0 amide bonds. The highest BCUT2D eigenvalue weighted by molar-refractivity contribution is 5.86. The molecule has 1 aliphatic heterocycles. The third-order valence-electron chi connectivity index (χ3n) is 17.3. The molecule has 1 aromatic rings. The molecule has 5 aliphatic carbocycles. The van der Waals surface area contributed by atoms with Crippen LogP contribution in [-0.4, -0.2) is 48.0 Å². The van der Waals surface area contributed by atoms with Gasteiger partial charge in [0, 0.05) is 17.3 Å². The summed E-state index contributed by atoms with van der Waals surface area (Å²) >= 11 is 0. The maximum atomic E-state index is 14.6. The molecule has 280 valence electrons. The minimum Gasteiger partial charge on any atom is -0.429 e. The van der Waals surface area contributed by atoms with Crippen LogP contribution < -0.4 is 4.74 Å². The van der Waals surface area contributed by atoms with Gasteiger partial charge < -0.3 is 14.7 Å². The summed E-state index contributed by atoms with van der Waals surface area (Å²) in [4.78, 5) is 28.1. The quantitative estimate of drug-likeness (QED) is 0.150. The number of benzene rings is 1. The molecule has 4 saturated carbocycles. The predicted octanol–water partition coefficient (Wildman–Crippen LogP) is 10.1. The molecule has 1 N–H and O–H groups in total. The SMILES string of the molecule is C=C(C)[C@@H]1CC[C@]2(C(=O)CCCCN3CCCCC3)CC[C@]3(C)[C@H](CC[C@@H]4[C@@]5(C)[C@@H](O)C=C(c6ccc(OC=O)cc6)C(C)(C)[C@@H]5CC[C@]43C)[C@@H]12. The zero-order valence-corrected chi connectivity index (χ0v) is 32.8. The molecular weight excluding hydrogens is 631 g/mol. The van der Waals surface area contributed by atoms with E-state index in [9.17, 15) is 14.7 Å². The lowest BCUT2D eigenvalue weighted by Crippen LogP contribution is -2.68. The Labute approximate surface area is 309 Å². The monoisotopic (exact) mass is 698 g/mol. The Balaban J connectivity index is 1.15. The predicted molar refractivity (Wildman–Crippen MR) is 206 cm³/mol. The Morgan fingerprint density at radius 3 is 2.31 bits per heavy atom. The van der Waals surface area contributed by atoms with Crippen LogP contribution in [0.15, 0.2) is 42.5 Å². The van der Waals surface area contributed by atoms with Crippen LogP contribution >= 0.6 is 0 Å². The molecule has 0 unspecified atom stereocenters. The highest BCUT2D eigenvalue weighted by Crippen LogP contribution is 2.78. The van der Waals surface area contributed by atoms with Crippen molar-refractivity contribution in [2.45, 2.75) is 138 Å². The van der Waals surface area contributed by atoms with E-state index in [0.29, 0.717) is 47.6 Å². The first-order chi connectivity index (χ1) is 24.2. The van der Waals surface area contributed by atoms with Crippen molar-refractivity contribution < 1.29 is 19.4 Å². The van der Waals surface area contributed by atoms with Crippen molar-refractivity contribution >= 4 is 17.8 Å². The Hall–Kier alpha value is -2.24. The van der Waals surface area contributed by atoms with Crippen molar-refractivity contribution in [3.8, 4) is 5.75 Å². The Morgan fingerprint density at radius 2 is 1.63 bits per heavy atom. The number of piperidine rings is 1. The van der Waals surface area contributed by atoms with E-state index >= 15 is 0 Å². The van der Waals surface area contributed by atoms with Gasteiger partial charge >= 0.3 is 0 Å². The van der Waals surface area contributed by atoms with Gasteiger partial charge in [0.15, 0.2) is 0 Å². The molecule has 6 aliphatic rings. The van der Waals surface area contributed by atoms with Crippen LogP contribution in [0, 0.1) is 56.7 Å². The Morgan fingerprint density at radius 1 is 0.902 bits per heavy atom. The molecule has 5 heteroatoms. The largest absolute Gasteiger partial charge is 0.429 e. The number of likely N-dealkylation sites (tertiary alicyclic amines) is 1. The van der Waals surface area contributed by atoms with Gasteiger partial charge in [-0.3, -0.25) is 9.59 Å². The van der Waals surface area contributed by atoms with Gasteiger partial charge in [-0.2, -0.15) is 0 Å². The molecule has 1 heterocycles. The van der Waals surface area contributed by atoms with Gasteiger partial charge in [-0.25, -0.2) is 0 Å². The van der Waals surface area contributed by atoms with E-state index in [1.54, 1.807) is 0 Å². The second kappa shape index (κ2) is 13.6. The highest BCUT2D eigenvalue weighted by atomic mass is 16.5. The van der Waals surface area contributed by atoms with Gasteiger partial charge in [0.05, 0.1) is 6.10 Å². The Kier molecular flexibility index (Phi) is 9.86. The van der Waals surface area contributed by atoms with Crippen molar-refractivity contribution in [2.75, 3.05) is 19.6 Å². The number of aliphatic hydroxyl groups is 1. The summed E-state index contributed by atoms with van der Waals surface area (Å²) in [6, 6.07) is 7.77. The molecule has 0 aromatic heterocycles. The highest BCUT2D eigenvalue weighted by Gasteiger charge is 2.72. The fraction of sp³-hybridized carbons (Fsp3) is 0.739. The normalized spacial score (nSPS) is 41.7. The molecule has 1 saturated heterocycles. The van der Waals surface area contributed by atoms with Crippen LogP contribution in [-0.2, 0) is 9.59 Å². The third-order valence-corrected chi connectivity index (χ3v) is 17.3. The van der Waals surface area contributed by atoms with E-state index in [-0.39, 0.29) is 27.1 Å². The van der Waals surface area contributed by atoms with Crippen molar-refractivity contribution in [1.82, 2.24) is 4.90 Å². The summed E-state index contributed by atoms with van der Waals surface area (Å²) in [6.45, 7) is 23.3. The molecule has 0 bridgehead atoms. The number of hydrogen-bond donors (Lipinski definition) is 1. The second-order valence-corrected chi connectivity index (χ2v) is 19.5. The molecule has 5 nitrogen and oxygen atoms in total. The summed E-state index contributed by atoms with van der Waals surface area (Å²) in [5.41, 5.74) is 3.24. The first kappa shape index (κ1) is 37.1. The molecule has 0 radical (unpaired) electrons. The van der Waals surface area contributed by atoms with Crippen molar-refractivity contribution in [3.63, 3.8) is 0 Å². The zero-order valence-electron chi connectivity index (χ0n) is 32.8. The number of hydrogen-bond acceptors (Lipinski definition) is 5. The van der Waals surface area contributed by atoms with E-state index in [2.05, 4.69) is 59.1 Å². The number of nitrogens with zero attached hydrogens (tertiary/aromatic N) is 1. The topological polar surface area (TPSA) is 66.8 Å². The molecule has 1 aromatic carbocycles. The van der Waals surface area contributed by atoms with E-state index in [1.807, 2.05) is 24.3 Å². The maximum Gasteiger partial charge on any atom is 0.298 e. The van der Waals surface area contributed by atoms with E-state index in [1.165, 1.54) is 49.9 Å². The van der Waals surface area contributed by atoms with Crippen LogP contribution in [0.25, 0.3) is 5.57 Å².